The summed E-state index contributed by atoms with van der Waals surface area (Å²) in [6.45, 7) is 0. The Labute approximate surface area is 173 Å². The molecular weight excluding hydrogens is 485 g/mol. The highest BCUT2D eigenvalue weighted by molar-refractivity contribution is 14.1. The van der Waals surface area contributed by atoms with E-state index in [-0.39, 0.29) is 28.6 Å². The van der Waals surface area contributed by atoms with Gasteiger partial charge in [-0.3, -0.25) is 14.9 Å². The van der Waals surface area contributed by atoms with Crippen molar-refractivity contribution in [3.8, 4) is 23.0 Å². The fraction of sp³-hybridized carbons (Fsp3) is 0.176. The van der Waals surface area contributed by atoms with Crippen LogP contribution in [0, 0.1) is 13.7 Å². The van der Waals surface area contributed by atoms with Crippen LogP contribution in [0.4, 0.5) is 5.69 Å². The number of nitro benzene ring substituents is 1. The lowest BCUT2D eigenvalue weighted by atomic mass is 10.1. The Morgan fingerprint density at radius 1 is 1.21 bits per heavy atom. The fourth-order valence-electron chi connectivity index (χ4n) is 2.32. The van der Waals surface area contributed by atoms with Gasteiger partial charge in [-0.25, -0.2) is 5.43 Å². The maximum Gasteiger partial charge on any atom is 0.327 e. The summed E-state index contributed by atoms with van der Waals surface area (Å²) in [5, 5.41) is 24.8. The van der Waals surface area contributed by atoms with Crippen LogP contribution >= 0.6 is 22.6 Å². The molecule has 0 bridgehead atoms. The summed E-state index contributed by atoms with van der Waals surface area (Å²) < 4.78 is 15.9. The van der Waals surface area contributed by atoms with E-state index in [1.807, 2.05) is 22.6 Å². The normalized spacial score (nSPS) is 10.6. The number of phenols is 1. The minimum Gasteiger partial charge on any atom is -0.507 e. The van der Waals surface area contributed by atoms with Gasteiger partial charge in [0.25, 0.3) is 5.91 Å². The smallest absolute Gasteiger partial charge is 0.327 e. The Kier molecular flexibility index (Phi) is 6.98. The number of aromatic hydroxyl groups is 1. The number of carbonyl (C=O) groups excluding carboxylic acids is 1. The van der Waals surface area contributed by atoms with E-state index in [1.54, 1.807) is 12.1 Å². The molecule has 2 N–H and O–H groups in total. The summed E-state index contributed by atoms with van der Waals surface area (Å²) in [6.07, 6.45) is 1.34. The van der Waals surface area contributed by atoms with Gasteiger partial charge < -0.3 is 19.3 Å². The highest BCUT2D eigenvalue weighted by Gasteiger charge is 2.32. The van der Waals surface area contributed by atoms with Crippen molar-refractivity contribution in [3.05, 3.63) is 49.1 Å². The first-order valence-corrected chi connectivity index (χ1v) is 8.71. The Morgan fingerprint density at radius 3 is 2.43 bits per heavy atom. The highest BCUT2D eigenvalue weighted by atomic mass is 127. The molecule has 0 aliphatic rings. The second-order valence-electron chi connectivity index (χ2n) is 5.21. The molecule has 11 heteroatoms. The number of halogens is 1. The summed E-state index contributed by atoms with van der Waals surface area (Å²) in [7, 11) is 3.85. The summed E-state index contributed by atoms with van der Waals surface area (Å²) in [5.74, 6) is -0.873. The van der Waals surface area contributed by atoms with Gasteiger partial charge >= 0.3 is 5.69 Å². The zero-order valence-electron chi connectivity index (χ0n) is 15.1. The first-order valence-electron chi connectivity index (χ1n) is 7.63. The number of nitro groups is 1. The molecule has 0 atom stereocenters. The third kappa shape index (κ3) is 4.42. The molecule has 0 spiro atoms. The largest absolute Gasteiger partial charge is 0.507 e. The molecule has 0 fully saturated rings. The van der Waals surface area contributed by atoms with Gasteiger partial charge in [-0.05, 0) is 46.4 Å². The van der Waals surface area contributed by atoms with E-state index in [1.165, 1.54) is 39.7 Å². The van der Waals surface area contributed by atoms with Crippen molar-refractivity contribution in [2.75, 3.05) is 21.3 Å². The molecule has 0 aromatic heterocycles. The van der Waals surface area contributed by atoms with E-state index in [9.17, 15) is 20.0 Å². The number of benzene rings is 2. The molecule has 0 saturated carbocycles. The number of hydrogen-bond donors (Lipinski definition) is 2. The molecule has 1 amide bonds. The third-order valence-corrected chi connectivity index (χ3v) is 4.45. The molecule has 0 unspecified atom stereocenters. The Balaban J connectivity index is 2.39. The van der Waals surface area contributed by atoms with Crippen LogP contribution in [-0.4, -0.2) is 43.5 Å². The van der Waals surface area contributed by atoms with Gasteiger partial charge in [0, 0.05) is 6.07 Å². The minimum absolute atomic E-state index is 0.00424. The van der Waals surface area contributed by atoms with Crippen molar-refractivity contribution in [2.45, 2.75) is 0 Å². The molecule has 2 rings (SSSR count). The molecule has 28 heavy (non-hydrogen) atoms. The Morgan fingerprint density at radius 2 is 1.89 bits per heavy atom. The van der Waals surface area contributed by atoms with Crippen LogP contribution in [0.2, 0.25) is 0 Å². The Hall–Kier alpha value is -3.09. The molecule has 0 saturated heterocycles. The predicted octanol–water partition coefficient (Wildman–Crippen LogP) is 2.69. The molecular formula is C17H16IN3O7. The maximum absolute atomic E-state index is 12.5. The number of rotatable bonds is 7. The minimum atomic E-state index is -0.837. The van der Waals surface area contributed by atoms with E-state index < -0.39 is 16.5 Å². The van der Waals surface area contributed by atoms with E-state index >= 15 is 0 Å². The van der Waals surface area contributed by atoms with Crippen molar-refractivity contribution in [1.29, 1.82) is 0 Å². The number of carbonyl (C=O) groups is 1. The van der Waals surface area contributed by atoms with Crippen LogP contribution in [0.1, 0.15) is 15.9 Å². The van der Waals surface area contributed by atoms with Gasteiger partial charge in [0.1, 0.15) is 11.3 Å². The summed E-state index contributed by atoms with van der Waals surface area (Å²) >= 11 is 1.94. The van der Waals surface area contributed by atoms with Crippen molar-refractivity contribution >= 4 is 40.4 Å². The second kappa shape index (κ2) is 9.21. The zero-order valence-corrected chi connectivity index (χ0v) is 17.2. The first-order chi connectivity index (χ1) is 13.3. The molecule has 0 aliphatic heterocycles. The van der Waals surface area contributed by atoms with E-state index in [2.05, 4.69) is 10.5 Å². The van der Waals surface area contributed by atoms with Gasteiger partial charge in [0.05, 0.1) is 36.0 Å². The van der Waals surface area contributed by atoms with Crippen molar-refractivity contribution in [3.63, 3.8) is 0 Å². The topological polar surface area (TPSA) is 133 Å². The first kappa shape index (κ1) is 21.2. The molecule has 2 aromatic carbocycles. The number of nitrogens with one attached hydrogen (secondary N) is 1. The van der Waals surface area contributed by atoms with Crippen LogP contribution in [0.5, 0.6) is 23.0 Å². The average molecular weight is 501 g/mol. The molecule has 148 valence electrons. The van der Waals surface area contributed by atoms with Crippen molar-refractivity contribution < 1.29 is 29.0 Å². The second-order valence-corrected chi connectivity index (χ2v) is 6.37. The van der Waals surface area contributed by atoms with Gasteiger partial charge in [-0.1, -0.05) is 0 Å². The van der Waals surface area contributed by atoms with Crippen LogP contribution in [0.25, 0.3) is 0 Å². The summed E-state index contributed by atoms with van der Waals surface area (Å²) in [6, 6.07) is 5.89. The number of methoxy groups -OCH3 is 3. The van der Waals surface area contributed by atoms with Gasteiger partial charge in [-0.15, -0.1) is 0 Å². The lowest BCUT2D eigenvalue weighted by molar-refractivity contribution is -0.386. The molecule has 0 radical (unpaired) electrons. The standard InChI is InChI=1S/C17H16IN3O7/c1-26-13-7-10(14(21(24)25)16(28-3)15(13)27-2)17(23)20-19-8-9-4-5-12(22)11(18)6-9/h4-8,22H,1-3H3,(H,20,23). The summed E-state index contributed by atoms with van der Waals surface area (Å²) in [5.41, 5.74) is 1.95. The number of ether oxygens (including phenoxy) is 3. The lowest BCUT2D eigenvalue weighted by Crippen LogP contribution is -2.20. The monoisotopic (exact) mass is 501 g/mol. The van der Waals surface area contributed by atoms with Crippen molar-refractivity contribution in [2.24, 2.45) is 5.10 Å². The average Bonchev–Trinajstić information content (AvgIpc) is 2.68. The molecule has 0 aliphatic carbocycles. The van der Waals surface area contributed by atoms with Crippen LogP contribution in [0.15, 0.2) is 29.4 Å². The van der Waals surface area contributed by atoms with Crippen LogP contribution in [0.3, 0.4) is 0 Å². The molecule has 0 heterocycles. The van der Waals surface area contributed by atoms with Gasteiger partial charge in [0.15, 0.2) is 5.75 Å². The fourth-order valence-corrected chi connectivity index (χ4v) is 2.86. The SMILES string of the molecule is COc1cc(C(=O)NN=Cc2ccc(O)c(I)c2)c([N+](=O)[O-])c(OC)c1OC. The predicted molar refractivity (Wildman–Crippen MR) is 109 cm³/mol. The molecule has 2 aromatic rings. The molecule has 10 nitrogen and oxygen atoms in total. The number of nitrogens with zero attached hydrogens (tertiary/aromatic N) is 2. The maximum atomic E-state index is 12.5. The van der Waals surface area contributed by atoms with Gasteiger partial charge in [-0.2, -0.15) is 5.10 Å². The van der Waals surface area contributed by atoms with Crippen molar-refractivity contribution in [1.82, 2.24) is 5.43 Å². The third-order valence-electron chi connectivity index (χ3n) is 3.58. The quantitative estimate of drug-likeness (QED) is 0.258. The number of phenolic OH excluding ortho intramolecular Hbond substituents is 1. The number of hydrogen-bond acceptors (Lipinski definition) is 8. The van der Waals surface area contributed by atoms with Crippen LogP contribution < -0.4 is 19.6 Å². The van der Waals surface area contributed by atoms with Crippen LogP contribution in [-0.2, 0) is 0 Å². The lowest BCUT2D eigenvalue weighted by Gasteiger charge is -2.14. The zero-order chi connectivity index (χ0) is 20.8. The highest BCUT2D eigenvalue weighted by Crippen LogP contribution is 2.46. The van der Waals surface area contributed by atoms with E-state index in [0.717, 1.165) is 0 Å². The summed E-state index contributed by atoms with van der Waals surface area (Å²) in [4.78, 5) is 23.3. The number of hydrazone groups is 1. The van der Waals surface area contributed by atoms with Gasteiger partial charge in [0.2, 0.25) is 11.5 Å². The van der Waals surface area contributed by atoms with E-state index in [0.29, 0.717) is 9.13 Å². The van der Waals surface area contributed by atoms with E-state index in [4.69, 9.17) is 14.2 Å². The Bertz CT molecular complexity index is 947. The number of amides is 1.